The first-order valence-corrected chi connectivity index (χ1v) is 6.11. The van der Waals surface area contributed by atoms with Crippen molar-refractivity contribution < 1.29 is 19.4 Å². The second-order valence-electron chi connectivity index (χ2n) is 4.88. The number of carbonyl (C=O) groups is 1. The predicted molar refractivity (Wildman–Crippen MR) is 63.7 cm³/mol. The third-order valence-corrected chi connectivity index (χ3v) is 3.02. The molecule has 0 bridgehead atoms. The van der Waals surface area contributed by atoms with Gasteiger partial charge in [0.05, 0.1) is 5.60 Å². The molecule has 0 spiro atoms. The van der Waals surface area contributed by atoms with Crippen LogP contribution in [-0.4, -0.2) is 50.1 Å². The van der Waals surface area contributed by atoms with Crippen LogP contribution in [0.4, 0.5) is 0 Å². The number of amides is 1. The summed E-state index contributed by atoms with van der Waals surface area (Å²) in [5, 5.41) is 12.9. The van der Waals surface area contributed by atoms with Crippen LogP contribution in [0.25, 0.3) is 0 Å². The standard InChI is InChI=1S/C12H23NO4/c1-10(8-16-2)7-11(14)13-9-12(15)3-5-17-6-4-12/h10,15H,3-9H2,1-2H3,(H,13,14). The molecule has 1 fully saturated rings. The molecule has 1 amide bonds. The summed E-state index contributed by atoms with van der Waals surface area (Å²) in [6.07, 6.45) is 1.60. The van der Waals surface area contributed by atoms with Gasteiger partial charge >= 0.3 is 0 Å². The molecule has 17 heavy (non-hydrogen) atoms. The van der Waals surface area contributed by atoms with Crippen molar-refractivity contribution in [3.8, 4) is 0 Å². The Hall–Kier alpha value is -0.650. The Labute approximate surface area is 102 Å². The maximum Gasteiger partial charge on any atom is 0.220 e. The van der Waals surface area contributed by atoms with Gasteiger partial charge in [0, 0.05) is 52.7 Å². The molecule has 0 saturated carbocycles. The average Bonchev–Trinajstić information content (AvgIpc) is 2.28. The smallest absolute Gasteiger partial charge is 0.220 e. The normalized spacial score (nSPS) is 20.9. The predicted octanol–water partition coefficient (Wildman–Crippen LogP) is 0.317. The van der Waals surface area contributed by atoms with E-state index in [1.54, 1.807) is 7.11 Å². The topological polar surface area (TPSA) is 67.8 Å². The minimum atomic E-state index is -0.793. The van der Waals surface area contributed by atoms with Crippen LogP contribution in [0.5, 0.6) is 0 Å². The second-order valence-corrected chi connectivity index (χ2v) is 4.88. The van der Waals surface area contributed by atoms with Crippen LogP contribution in [0.2, 0.25) is 0 Å². The summed E-state index contributed by atoms with van der Waals surface area (Å²) in [4.78, 5) is 11.6. The fraction of sp³-hybridized carbons (Fsp3) is 0.917. The van der Waals surface area contributed by atoms with Crippen molar-refractivity contribution in [3.63, 3.8) is 0 Å². The van der Waals surface area contributed by atoms with Gasteiger partial charge in [-0.1, -0.05) is 6.92 Å². The maximum atomic E-state index is 11.6. The summed E-state index contributed by atoms with van der Waals surface area (Å²) in [5.74, 6) is 0.166. The van der Waals surface area contributed by atoms with Crippen LogP contribution in [-0.2, 0) is 14.3 Å². The second kappa shape index (κ2) is 6.93. The lowest BCUT2D eigenvalue weighted by molar-refractivity contribution is -0.125. The summed E-state index contributed by atoms with van der Waals surface area (Å²) in [7, 11) is 1.62. The fourth-order valence-corrected chi connectivity index (χ4v) is 1.92. The Bertz CT molecular complexity index is 239. The third-order valence-electron chi connectivity index (χ3n) is 3.02. The number of ether oxygens (including phenoxy) is 2. The van der Waals surface area contributed by atoms with Gasteiger partial charge in [0.2, 0.25) is 5.91 Å². The number of aliphatic hydroxyl groups is 1. The van der Waals surface area contributed by atoms with E-state index in [0.717, 1.165) is 0 Å². The van der Waals surface area contributed by atoms with Gasteiger partial charge in [-0.3, -0.25) is 4.79 Å². The molecular weight excluding hydrogens is 222 g/mol. The molecule has 0 radical (unpaired) electrons. The van der Waals surface area contributed by atoms with Crippen molar-refractivity contribution in [2.75, 3.05) is 33.5 Å². The number of methoxy groups -OCH3 is 1. The van der Waals surface area contributed by atoms with E-state index in [1.807, 2.05) is 6.92 Å². The Balaban J connectivity index is 2.22. The molecule has 1 heterocycles. The number of hydrogen-bond acceptors (Lipinski definition) is 4. The molecule has 0 aromatic rings. The lowest BCUT2D eigenvalue weighted by Crippen LogP contribution is -2.46. The van der Waals surface area contributed by atoms with Crippen LogP contribution in [0.15, 0.2) is 0 Å². The zero-order valence-electron chi connectivity index (χ0n) is 10.7. The van der Waals surface area contributed by atoms with Crippen molar-refractivity contribution >= 4 is 5.91 Å². The van der Waals surface area contributed by atoms with E-state index in [4.69, 9.17) is 9.47 Å². The van der Waals surface area contributed by atoms with Gasteiger partial charge in [-0.25, -0.2) is 0 Å². The SMILES string of the molecule is COCC(C)CC(=O)NCC1(O)CCOCC1. The highest BCUT2D eigenvalue weighted by atomic mass is 16.5. The van der Waals surface area contributed by atoms with E-state index < -0.39 is 5.60 Å². The van der Waals surface area contributed by atoms with Gasteiger partial charge in [-0.2, -0.15) is 0 Å². The van der Waals surface area contributed by atoms with Crippen molar-refractivity contribution in [3.05, 3.63) is 0 Å². The van der Waals surface area contributed by atoms with Gasteiger partial charge in [-0.05, 0) is 5.92 Å². The molecule has 5 nitrogen and oxygen atoms in total. The van der Waals surface area contributed by atoms with Gasteiger partial charge in [-0.15, -0.1) is 0 Å². The first-order chi connectivity index (χ1) is 8.06. The molecule has 1 atom stereocenters. The van der Waals surface area contributed by atoms with Crippen LogP contribution < -0.4 is 5.32 Å². The summed E-state index contributed by atoms with van der Waals surface area (Å²) in [6.45, 7) is 3.98. The van der Waals surface area contributed by atoms with E-state index >= 15 is 0 Å². The Kier molecular flexibility index (Phi) is 5.88. The van der Waals surface area contributed by atoms with Gasteiger partial charge in [0.1, 0.15) is 0 Å². The summed E-state index contributed by atoms with van der Waals surface area (Å²) in [6, 6.07) is 0. The number of carbonyl (C=O) groups excluding carboxylic acids is 1. The van der Waals surface area contributed by atoms with Crippen LogP contribution >= 0.6 is 0 Å². The molecule has 0 aliphatic carbocycles. The number of nitrogens with one attached hydrogen (secondary N) is 1. The third kappa shape index (κ3) is 5.48. The molecule has 1 aliphatic rings. The molecule has 1 aliphatic heterocycles. The van der Waals surface area contributed by atoms with Crippen molar-refractivity contribution in [1.82, 2.24) is 5.32 Å². The first-order valence-electron chi connectivity index (χ1n) is 6.11. The van der Waals surface area contributed by atoms with Crippen molar-refractivity contribution in [1.29, 1.82) is 0 Å². The Morgan fingerprint density at radius 2 is 2.18 bits per heavy atom. The first kappa shape index (κ1) is 14.4. The molecule has 0 aromatic heterocycles. The minimum absolute atomic E-state index is 0.0329. The molecule has 0 aromatic carbocycles. The van der Waals surface area contributed by atoms with E-state index in [2.05, 4.69) is 5.32 Å². The molecule has 2 N–H and O–H groups in total. The van der Waals surface area contributed by atoms with E-state index in [0.29, 0.717) is 45.6 Å². The quantitative estimate of drug-likeness (QED) is 0.707. The lowest BCUT2D eigenvalue weighted by atomic mass is 9.94. The molecule has 1 saturated heterocycles. The van der Waals surface area contributed by atoms with E-state index in [-0.39, 0.29) is 11.8 Å². The van der Waals surface area contributed by atoms with Gasteiger partial charge < -0.3 is 19.9 Å². The zero-order valence-corrected chi connectivity index (χ0v) is 10.7. The summed E-state index contributed by atoms with van der Waals surface area (Å²) >= 11 is 0. The summed E-state index contributed by atoms with van der Waals surface area (Å²) < 4.78 is 10.2. The summed E-state index contributed by atoms with van der Waals surface area (Å²) in [5.41, 5.74) is -0.793. The average molecular weight is 245 g/mol. The zero-order chi connectivity index (χ0) is 12.7. The van der Waals surface area contributed by atoms with Crippen LogP contribution in [0.1, 0.15) is 26.2 Å². The fourth-order valence-electron chi connectivity index (χ4n) is 1.92. The number of hydrogen-bond donors (Lipinski definition) is 2. The molecule has 100 valence electrons. The Morgan fingerprint density at radius 3 is 2.76 bits per heavy atom. The highest BCUT2D eigenvalue weighted by Gasteiger charge is 2.30. The van der Waals surface area contributed by atoms with Crippen molar-refractivity contribution in [2.45, 2.75) is 31.8 Å². The minimum Gasteiger partial charge on any atom is -0.388 e. The number of rotatable bonds is 6. The van der Waals surface area contributed by atoms with Crippen LogP contribution in [0.3, 0.4) is 0 Å². The highest BCUT2D eigenvalue weighted by Crippen LogP contribution is 2.19. The molecule has 5 heteroatoms. The Morgan fingerprint density at radius 1 is 1.53 bits per heavy atom. The highest BCUT2D eigenvalue weighted by molar-refractivity contribution is 5.76. The van der Waals surface area contributed by atoms with E-state index in [1.165, 1.54) is 0 Å². The molecular formula is C12H23NO4. The largest absolute Gasteiger partial charge is 0.388 e. The maximum absolute atomic E-state index is 11.6. The van der Waals surface area contributed by atoms with E-state index in [9.17, 15) is 9.90 Å². The monoisotopic (exact) mass is 245 g/mol. The lowest BCUT2D eigenvalue weighted by Gasteiger charge is -2.32. The van der Waals surface area contributed by atoms with Gasteiger partial charge in [0.15, 0.2) is 0 Å². The van der Waals surface area contributed by atoms with Crippen molar-refractivity contribution in [2.24, 2.45) is 5.92 Å². The molecule has 1 rings (SSSR count). The molecule has 1 unspecified atom stereocenters. The van der Waals surface area contributed by atoms with Crippen LogP contribution in [0, 0.1) is 5.92 Å². The van der Waals surface area contributed by atoms with Gasteiger partial charge in [0.25, 0.3) is 0 Å².